The highest BCUT2D eigenvalue weighted by Crippen LogP contribution is 2.33. The maximum atomic E-state index is 10.1. The van der Waals surface area contributed by atoms with E-state index in [4.69, 9.17) is 5.11 Å². The maximum absolute atomic E-state index is 10.1. The lowest BCUT2D eigenvalue weighted by molar-refractivity contribution is 0.159. The van der Waals surface area contributed by atoms with Crippen LogP contribution in [0.25, 0.3) is 0 Å². The van der Waals surface area contributed by atoms with E-state index < -0.39 is 0 Å². The van der Waals surface area contributed by atoms with Crippen LogP contribution in [0, 0.1) is 0 Å². The molecular formula is C17H26O2. The molecule has 1 fully saturated rings. The largest absolute Gasteiger partial charge is 0.396 e. The van der Waals surface area contributed by atoms with Gasteiger partial charge in [0.15, 0.2) is 0 Å². The summed E-state index contributed by atoms with van der Waals surface area (Å²) in [6.07, 6.45) is 8.75. The van der Waals surface area contributed by atoms with Crippen molar-refractivity contribution in [1.29, 1.82) is 0 Å². The highest BCUT2D eigenvalue weighted by molar-refractivity contribution is 5.27. The van der Waals surface area contributed by atoms with Gasteiger partial charge in [-0.15, -0.1) is 0 Å². The second-order valence-corrected chi connectivity index (χ2v) is 5.74. The summed E-state index contributed by atoms with van der Waals surface area (Å²) in [5, 5.41) is 18.8. The van der Waals surface area contributed by atoms with Crippen LogP contribution in [0.4, 0.5) is 0 Å². The zero-order valence-corrected chi connectivity index (χ0v) is 11.7. The highest BCUT2D eigenvalue weighted by Gasteiger charge is 2.15. The summed E-state index contributed by atoms with van der Waals surface area (Å²) in [7, 11) is 0. The van der Waals surface area contributed by atoms with E-state index in [1.165, 1.54) is 37.7 Å². The molecule has 1 aliphatic carbocycles. The number of hydrogen-bond donors (Lipinski definition) is 2. The van der Waals surface area contributed by atoms with Crippen LogP contribution in [0.5, 0.6) is 0 Å². The molecule has 0 bridgehead atoms. The Morgan fingerprint density at radius 1 is 1.00 bits per heavy atom. The van der Waals surface area contributed by atoms with E-state index in [-0.39, 0.29) is 12.7 Å². The maximum Gasteiger partial charge on any atom is 0.0790 e. The molecule has 1 aliphatic rings. The number of benzene rings is 1. The molecule has 1 aromatic rings. The van der Waals surface area contributed by atoms with E-state index >= 15 is 0 Å². The molecule has 0 radical (unpaired) electrons. The zero-order valence-electron chi connectivity index (χ0n) is 11.7. The fourth-order valence-electron chi connectivity index (χ4n) is 3.04. The van der Waals surface area contributed by atoms with Crippen LogP contribution in [0.3, 0.4) is 0 Å². The molecule has 0 amide bonds. The smallest absolute Gasteiger partial charge is 0.0790 e. The Kier molecular flexibility index (Phi) is 5.87. The van der Waals surface area contributed by atoms with E-state index in [0.717, 1.165) is 30.7 Å². The van der Waals surface area contributed by atoms with Gasteiger partial charge in [0.25, 0.3) is 0 Å². The fourth-order valence-corrected chi connectivity index (χ4v) is 3.04. The van der Waals surface area contributed by atoms with Crippen molar-refractivity contribution in [3.8, 4) is 0 Å². The van der Waals surface area contributed by atoms with E-state index in [9.17, 15) is 5.11 Å². The molecule has 0 heterocycles. The van der Waals surface area contributed by atoms with Crippen molar-refractivity contribution < 1.29 is 10.2 Å². The number of hydrogen-bond acceptors (Lipinski definition) is 2. The average Bonchev–Trinajstić information content (AvgIpc) is 2.48. The predicted octanol–water partition coefficient (Wildman–Crippen LogP) is 3.93. The van der Waals surface area contributed by atoms with Crippen molar-refractivity contribution in [1.82, 2.24) is 0 Å². The first kappa shape index (κ1) is 14.5. The molecule has 2 rings (SSSR count). The van der Waals surface area contributed by atoms with Gasteiger partial charge >= 0.3 is 0 Å². The zero-order chi connectivity index (χ0) is 13.5. The Balaban J connectivity index is 1.89. The third-order valence-corrected chi connectivity index (χ3v) is 4.28. The normalized spacial score (nSPS) is 18.4. The van der Waals surface area contributed by atoms with Crippen molar-refractivity contribution >= 4 is 0 Å². The molecule has 1 unspecified atom stereocenters. The molecule has 1 saturated carbocycles. The van der Waals surface area contributed by atoms with Gasteiger partial charge in [-0.25, -0.2) is 0 Å². The standard InChI is InChI=1S/C17H26O2/c18-13-5-4-8-17(19)16-11-9-15(10-12-16)14-6-2-1-3-7-14/h9-12,14,17-19H,1-8,13H2. The van der Waals surface area contributed by atoms with Gasteiger partial charge in [0.1, 0.15) is 0 Å². The van der Waals surface area contributed by atoms with Gasteiger partial charge in [-0.3, -0.25) is 0 Å². The van der Waals surface area contributed by atoms with Gasteiger partial charge in [0.05, 0.1) is 6.10 Å². The molecule has 1 aromatic carbocycles. The molecule has 2 nitrogen and oxygen atoms in total. The van der Waals surface area contributed by atoms with Crippen molar-refractivity contribution in [3.63, 3.8) is 0 Å². The summed E-state index contributed by atoms with van der Waals surface area (Å²) in [5.74, 6) is 0.731. The topological polar surface area (TPSA) is 40.5 Å². The molecule has 2 heteroatoms. The van der Waals surface area contributed by atoms with Crippen molar-refractivity contribution in [2.75, 3.05) is 6.61 Å². The summed E-state index contributed by atoms with van der Waals surface area (Å²) in [5.41, 5.74) is 2.45. The van der Waals surface area contributed by atoms with Gasteiger partial charge in [0, 0.05) is 6.61 Å². The molecule has 106 valence electrons. The summed E-state index contributed by atoms with van der Waals surface area (Å²) in [4.78, 5) is 0. The predicted molar refractivity (Wildman–Crippen MR) is 78.2 cm³/mol. The molecule has 1 atom stereocenters. The summed E-state index contributed by atoms with van der Waals surface area (Å²) in [6, 6.07) is 8.54. The van der Waals surface area contributed by atoms with Crippen LogP contribution in [0.15, 0.2) is 24.3 Å². The van der Waals surface area contributed by atoms with Crippen LogP contribution in [-0.2, 0) is 0 Å². The average molecular weight is 262 g/mol. The second-order valence-electron chi connectivity index (χ2n) is 5.74. The number of aliphatic hydroxyl groups is 2. The van der Waals surface area contributed by atoms with Crippen molar-refractivity contribution in [2.24, 2.45) is 0 Å². The molecule has 0 spiro atoms. The molecule has 2 N–H and O–H groups in total. The Bertz CT molecular complexity index is 352. The number of aliphatic hydroxyl groups excluding tert-OH is 2. The highest BCUT2D eigenvalue weighted by atomic mass is 16.3. The van der Waals surface area contributed by atoms with Crippen molar-refractivity contribution in [3.05, 3.63) is 35.4 Å². The first-order valence-electron chi connectivity index (χ1n) is 7.70. The lowest BCUT2D eigenvalue weighted by Gasteiger charge is -2.22. The first-order valence-corrected chi connectivity index (χ1v) is 7.70. The van der Waals surface area contributed by atoms with Crippen molar-refractivity contribution in [2.45, 2.75) is 63.4 Å². The minimum Gasteiger partial charge on any atom is -0.396 e. The van der Waals surface area contributed by atoms with Crippen LogP contribution in [-0.4, -0.2) is 16.8 Å². The lowest BCUT2D eigenvalue weighted by Crippen LogP contribution is -2.05. The lowest BCUT2D eigenvalue weighted by atomic mass is 9.83. The van der Waals surface area contributed by atoms with Crippen LogP contribution >= 0.6 is 0 Å². The van der Waals surface area contributed by atoms with Gasteiger partial charge in [-0.1, -0.05) is 43.5 Å². The monoisotopic (exact) mass is 262 g/mol. The molecule has 0 saturated heterocycles. The van der Waals surface area contributed by atoms with E-state index in [1.807, 2.05) is 0 Å². The third kappa shape index (κ3) is 4.32. The Morgan fingerprint density at radius 3 is 2.32 bits per heavy atom. The Hall–Kier alpha value is -0.860. The van der Waals surface area contributed by atoms with Crippen LogP contribution < -0.4 is 0 Å². The minimum atomic E-state index is -0.382. The van der Waals surface area contributed by atoms with Gasteiger partial charge < -0.3 is 10.2 Å². The van der Waals surface area contributed by atoms with Gasteiger partial charge in [-0.2, -0.15) is 0 Å². The summed E-state index contributed by atoms with van der Waals surface area (Å²) >= 11 is 0. The third-order valence-electron chi connectivity index (χ3n) is 4.28. The first-order chi connectivity index (χ1) is 9.31. The summed E-state index contributed by atoms with van der Waals surface area (Å²) < 4.78 is 0. The molecular weight excluding hydrogens is 236 g/mol. The Morgan fingerprint density at radius 2 is 1.68 bits per heavy atom. The summed E-state index contributed by atoms with van der Waals surface area (Å²) in [6.45, 7) is 0.216. The second kappa shape index (κ2) is 7.66. The van der Waals surface area contributed by atoms with E-state index in [0.29, 0.717) is 0 Å². The van der Waals surface area contributed by atoms with E-state index in [2.05, 4.69) is 24.3 Å². The van der Waals surface area contributed by atoms with Gasteiger partial charge in [0.2, 0.25) is 0 Å². The molecule has 0 aromatic heterocycles. The SMILES string of the molecule is OCCCCC(O)c1ccc(C2CCCCC2)cc1. The molecule has 0 aliphatic heterocycles. The van der Waals surface area contributed by atoms with Gasteiger partial charge in [-0.05, 0) is 49.1 Å². The number of rotatable bonds is 6. The minimum absolute atomic E-state index is 0.216. The molecule has 19 heavy (non-hydrogen) atoms. The number of unbranched alkanes of at least 4 members (excludes halogenated alkanes) is 1. The van der Waals surface area contributed by atoms with E-state index in [1.54, 1.807) is 0 Å². The quantitative estimate of drug-likeness (QED) is 0.763. The van der Waals surface area contributed by atoms with Crippen LogP contribution in [0.1, 0.15) is 74.5 Å². The fraction of sp³-hybridized carbons (Fsp3) is 0.647. The Labute approximate surface area is 116 Å². The van der Waals surface area contributed by atoms with Crippen LogP contribution in [0.2, 0.25) is 0 Å².